The number of rotatable bonds is 8. The second kappa shape index (κ2) is 10.1. The van der Waals surface area contributed by atoms with Gasteiger partial charge in [-0.15, -0.1) is 0 Å². The third-order valence-corrected chi connectivity index (χ3v) is 3.36. The Hall–Kier alpha value is -2.90. The lowest BCUT2D eigenvalue weighted by molar-refractivity contribution is -0.142. The summed E-state index contributed by atoms with van der Waals surface area (Å²) in [5.74, 6) is -1.59. The van der Waals surface area contributed by atoms with Crippen LogP contribution in [0.2, 0.25) is 0 Å². The Morgan fingerprint density at radius 3 is 1.88 bits per heavy atom. The van der Waals surface area contributed by atoms with Crippen molar-refractivity contribution < 1.29 is 28.7 Å². The van der Waals surface area contributed by atoms with Crippen molar-refractivity contribution in [1.29, 1.82) is 0 Å². The van der Waals surface area contributed by atoms with Crippen LogP contribution in [0, 0.1) is 6.92 Å². The number of carbonyl (C=O) groups is 4. The number of amides is 2. The predicted molar refractivity (Wildman–Crippen MR) is 90.9 cm³/mol. The van der Waals surface area contributed by atoms with Crippen molar-refractivity contribution in [1.82, 2.24) is 0 Å². The molecule has 0 aliphatic carbocycles. The summed E-state index contributed by atoms with van der Waals surface area (Å²) in [6, 6.07) is 5.04. The van der Waals surface area contributed by atoms with Gasteiger partial charge in [-0.3, -0.25) is 19.2 Å². The Morgan fingerprint density at radius 1 is 0.840 bits per heavy atom. The molecular weight excluding hydrogens is 328 g/mol. The van der Waals surface area contributed by atoms with E-state index in [0.29, 0.717) is 11.4 Å². The fraction of sp³-hybridized carbons (Fsp3) is 0.412. The lowest BCUT2D eigenvalue weighted by Crippen LogP contribution is -2.16. The third-order valence-electron chi connectivity index (χ3n) is 3.36. The van der Waals surface area contributed by atoms with Crippen molar-refractivity contribution in [2.24, 2.45) is 0 Å². The molecule has 0 saturated heterocycles. The average Bonchev–Trinajstić information content (AvgIpc) is 2.60. The highest BCUT2D eigenvalue weighted by Crippen LogP contribution is 2.21. The lowest BCUT2D eigenvalue weighted by Gasteiger charge is -2.11. The number of carbonyl (C=O) groups excluding carboxylic acids is 4. The molecule has 0 spiro atoms. The van der Waals surface area contributed by atoms with Crippen LogP contribution in [0.5, 0.6) is 0 Å². The van der Waals surface area contributed by atoms with E-state index < -0.39 is 11.9 Å². The standard InChI is InChI=1S/C17H22N2O6/c1-11-4-5-12(18-14(20)6-8-16(22)24-2)10-13(11)19-15(21)7-9-17(23)25-3/h4-5,10H,6-9H2,1-3H3,(H,18,20)(H,19,21). The van der Waals surface area contributed by atoms with E-state index in [1.54, 1.807) is 25.1 Å². The van der Waals surface area contributed by atoms with Gasteiger partial charge in [0.25, 0.3) is 0 Å². The Bertz CT molecular complexity index is 657. The van der Waals surface area contributed by atoms with Gasteiger partial charge < -0.3 is 20.1 Å². The van der Waals surface area contributed by atoms with Crippen molar-refractivity contribution >= 4 is 35.1 Å². The molecule has 1 rings (SSSR count). The molecule has 8 nitrogen and oxygen atoms in total. The summed E-state index contributed by atoms with van der Waals surface area (Å²) in [6.07, 6.45) is -0.0140. The van der Waals surface area contributed by atoms with Gasteiger partial charge in [0, 0.05) is 24.2 Å². The van der Waals surface area contributed by atoms with E-state index in [0.717, 1.165) is 5.56 Å². The van der Waals surface area contributed by atoms with E-state index in [1.165, 1.54) is 14.2 Å². The largest absolute Gasteiger partial charge is 0.469 e. The molecule has 0 heterocycles. The minimum Gasteiger partial charge on any atom is -0.469 e. The molecule has 1 aromatic carbocycles. The molecule has 0 bridgehead atoms. The molecule has 0 radical (unpaired) electrons. The van der Waals surface area contributed by atoms with E-state index in [1.807, 2.05) is 0 Å². The van der Waals surface area contributed by atoms with Crippen LogP contribution < -0.4 is 10.6 Å². The molecule has 0 unspecified atom stereocenters. The van der Waals surface area contributed by atoms with E-state index in [4.69, 9.17) is 0 Å². The molecule has 8 heteroatoms. The summed E-state index contributed by atoms with van der Waals surface area (Å²) in [5, 5.41) is 5.34. The summed E-state index contributed by atoms with van der Waals surface area (Å²) in [7, 11) is 2.52. The van der Waals surface area contributed by atoms with Crippen LogP contribution in [0.25, 0.3) is 0 Å². The predicted octanol–water partition coefficient (Wildman–Crippen LogP) is 1.78. The maximum Gasteiger partial charge on any atom is 0.306 e. The van der Waals surface area contributed by atoms with Crippen molar-refractivity contribution in [3.05, 3.63) is 23.8 Å². The molecule has 25 heavy (non-hydrogen) atoms. The first kappa shape index (κ1) is 20.1. The minimum absolute atomic E-state index is 0.00136. The number of methoxy groups -OCH3 is 2. The highest BCUT2D eigenvalue weighted by Gasteiger charge is 2.11. The van der Waals surface area contributed by atoms with E-state index in [9.17, 15) is 19.2 Å². The number of hydrogen-bond acceptors (Lipinski definition) is 6. The van der Waals surface area contributed by atoms with Gasteiger partial charge in [0.15, 0.2) is 0 Å². The number of hydrogen-bond donors (Lipinski definition) is 2. The minimum atomic E-state index is -0.461. The smallest absolute Gasteiger partial charge is 0.306 e. The van der Waals surface area contributed by atoms with Crippen molar-refractivity contribution in [2.75, 3.05) is 24.9 Å². The van der Waals surface area contributed by atoms with E-state index in [2.05, 4.69) is 20.1 Å². The van der Waals surface area contributed by atoms with Crippen LogP contribution in [0.4, 0.5) is 11.4 Å². The number of aryl methyl sites for hydroxylation is 1. The maximum absolute atomic E-state index is 11.9. The van der Waals surface area contributed by atoms with Crippen LogP contribution in [0.15, 0.2) is 18.2 Å². The van der Waals surface area contributed by atoms with Crippen molar-refractivity contribution in [3.63, 3.8) is 0 Å². The average molecular weight is 350 g/mol. The third kappa shape index (κ3) is 7.47. The Balaban J connectivity index is 2.63. The topological polar surface area (TPSA) is 111 Å². The fourth-order valence-electron chi connectivity index (χ4n) is 1.91. The second-order valence-electron chi connectivity index (χ2n) is 5.28. The molecular formula is C17H22N2O6. The zero-order valence-corrected chi connectivity index (χ0v) is 14.5. The fourth-order valence-corrected chi connectivity index (χ4v) is 1.91. The molecule has 0 saturated carbocycles. The van der Waals surface area contributed by atoms with E-state index >= 15 is 0 Å². The van der Waals surface area contributed by atoms with Crippen LogP contribution in [0.3, 0.4) is 0 Å². The zero-order valence-electron chi connectivity index (χ0n) is 14.5. The van der Waals surface area contributed by atoms with E-state index in [-0.39, 0.29) is 37.5 Å². The molecule has 0 aliphatic heterocycles. The molecule has 2 N–H and O–H groups in total. The SMILES string of the molecule is COC(=O)CCC(=O)Nc1ccc(C)c(NC(=O)CCC(=O)OC)c1. The number of ether oxygens (including phenoxy) is 2. The second-order valence-corrected chi connectivity index (χ2v) is 5.28. The molecule has 2 amide bonds. The first-order chi connectivity index (χ1) is 11.8. The highest BCUT2D eigenvalue weighted by atomic mass is 16.5. The van der Waals surface area contributed by atoms with Gasteiger partial charge in [-0.05, 0) is 24.6 Å². The monoisotopic (exact) mass is 350 g/mol. The molecule has 0 fully saturated rings. The summed E-state index contributed by atoms with van der Waals surface area (Å²) < 4.78 is 8.96. The normalized spacial score (nSPS) is 9.88. The van der Waals surface area contributed by atoms with Crippen molar-refractivity contribution in [3.8, 4) is 0 Å². The first-order valence-electron chi connectivity index (χ1n) is 7.69. The van der Waals surface area contributed by atoms with Crippen LogP contribution >= 0.6 is 0 Å². The molecule has 0 aromatic heterocycles. The summed E-state index contributed by atoms with van der Waals surface area (Å²) in [4.78, 5) is 45.8. The van der Waals surface area contributed by atoms with Crippen LogP contribution in [-0.4, -0.2) is 38.0 Å². The van der Waals surface area contributed by atoms with Gasteiger partial charge in [-0.2, -0.15) is 0 Å². The Labute approximate surface area is 145 Å². The molecule has 0 aliphatic rings. The molecule has 0 atom stereocenters. The lowest BCUT2D eigenvalue weighted by atomic mass is 10.1. The van der Waals surface area contributed by atoms with Crippen LogP contribution in [-0.2, 0) is 28.7 Å². The number of anilines is 2. The Kier molecular flexibility index (Phi) is 8.11. The molecule has 136 valence electrons. The number of benzene rings is 1. The van der Waals surface area contributed by atoms with Crippen LogP contribution in [0.1, 0.15) is 31.2 Å². The number of esters is 2. The number of nitrogens with one attached hydrogen (secondary N) is 2. The highest BCUT2D eigenvalue weighted by molar-refractivity contribution is 5.96. The zero-order chi connectivity index (χ0) is 18.8. The summed E-state index contributed by atoms with van der Waals surface area (Å²) in [6.45, 7) is 1.80. The van der Waals surface area contributed by atoms with Gasteiger partial charge in [0.05, 0.1) is 27.1 Å². The van der Waals surface area contributed by atoms with Gasteiger partial charge >= 0.3 is 11.9 Å². The van der Waals surface area contributed by atoms with Gasteiger partial charge in [0.1, 0.15) is 0 Å². The summed E-state index contributed by atoms with van der Waals surface area (Å²) >= 11 is 0. The Morgan fingerprint density at radius 2 is 1.36 bits per heavy atom. The van der Waals surface area contributed by atoms with Gasteiger partial charge in [-0.1, -0.05) is 6.07 Å². The maximum atomic E-state index is 11.9. The summed E-state index contributed by atoms with van der Waals surface area (Å²) in [5.41, 5.74) is 1.82. The first-order valence-corrected chi connectivity index (χ1v) is 7.69. The van der Waals surface area contributed by atoms with Gasteiger partial charge in [-0.25, -0.2) is 0 Å². The molecule has 1 aromatic rings. The quantitative estimate of drug-likeness (QED) is 0.691. The van der Waals surface area contributed by atoms with Gasteiger partial charge in [0.2, 0.25) is 11.8 Å². The van der Waals surface area contributed by atoms with Crippen molar-refractivity contribution in [2.45, 2.75) is 32.6 Å².